The number of carbonyl (C=O) groups is 2. The summed E-state index contributed by atoms with van der Waals surface area (Å²) in [6.45, 7) is 5.34. The highest BCUT2D eigenvalue weighted by molar-refractivity contribution is 6.11. The van der Waals surface area contributed by atoms with Gasteiger partial charge in [-0.1, -0.05) is 6.07 Å². The molecule has 36 heavy (non-hydrogen) atoms. The first-order chi connectivity index (χ1) is 17.2. The normalized spacial score (nSPS) is 14.8. The van der Waals surface area contributed by atoms with E-state index in [1.54, 1.807) is 61.7 Å². The molecule has 1 unspecified atom stereocenters. The fourth-order valence-corrected chi connectivity index (χ4v) is 4.69. The summed E-state index contributed by atoms with van der Waals surface area (Å²) in [4.78, 5) is 41.0. The highest BCUT2D eigenvalue weighted by Crippen LogP contribution is 2.43. The average Bonchev–Trinajstić information content (AvgIpc) is 3.17. The summed E-state index contributed by atoms with van der Waals surface area (Å²) in [7, 11) is 3.07. The van der Waals surface area contributed by atoms with Gasteiger partial charge in [0.2, 0.25) is 5.76 Å². The van der Waals surface area contributed by atoms with Crippen molar-refractivity contribution >= 4 is 28.3 Å². The van der Waals surface area contributed by atoms with E-state index in [0.717, 1.165) is 11.1 Å². The number of ketones is 1. The molecule has 1 amide bonds. The standard InChI is InChI=1S/C29H25NO6/c1-15-12-21-23(13-16(15)2)36-28-25(27(21)32)26(19-8-11-22(34-4)24(14-19)35-5)30(29(28)33)20-9-6-18(7-10-20)17(3)31/h6-14,26H,1-5H3. The molecule has 1 atom stereocenters. The highest BCUT2D eigenvalue weighted by Gasteiger charge is 2.44. The van der Waals surface area contributed by atoms with Crippen molar-refractivity contribution in [2.45, 2.75) is 26.8 Å². The van der Waals surface area contributed by atoms with Gasteiger partial charge in [0.05, 0.1) is 31.2 Å². The Kier molecular flexibility index (Phi) is 5.63. The van der Waals surface area contributed by atoms with Gasteiger partial charge in [0.25, 0.3) is 5.91 Å². The van der Waals surface area contributed by atoms with Gasteiger partial charge in [-0.25, -0.2) is 0 Å². The van der Waals surface area contributed by atoms with Crippen LogP contribution in [0.4, 0.5) is 5.69 Å². The number of ether oxygens (including phenoxy) is 2. The van der Waals surface area contributed by atoms with Crippen molar-refractivity contribution < 1.29 is 23.5 Å². The minimum Gasteiger partial charge on any atom is -0.493 e. The molecule has 0 N–H and O–H groups in total. The molecule has 4 aromatic rings. The highest BCUT2D eigenvalue weighted by atomic mass is 16.5. The van der Waals surface area contributed by atoms with Crippen molar-refractivity contribution in [1.29, 1.82) is 0 Å². The van der Waals surface area contributed by atoms with Crippen LogP contribution in [0.5, 0.6) is 11.5 Å². The number of fused-ring (bicyclic) bond motifs is 2. The molecule has 0 radical (unpaired) electrons. The van der Waals surface area contributed by atoms with Crippen LogP contribution in [0.2, 0.25) is 0 Å². The van der Waals surface area contributed by atoms with E-state index in [9.17, 15) is 14.4 Å². The van der Waals surface area contributed by atoms with E-state index in [4.69, 9.17) is 13.9 Å². The lowest BCUT2D eigenvalue weighted by Crippen LogP contribution is -2.29. The summed E-state index contributed by atoms with van der Waals surface area (Å²) in [6, 6.07) is 14.9. The first kappa shape index (κ1) is 23.4. The second-order valence-electron chi connectivity index (χ2n) is 8.90. The maximum absolute atomic E-state index is 13.9. The van der Waals surface area contributed by atoms with Crippen LogP contribution in [-0.4, -0.2) is 25.9 Å². The summed E-state index contributed by atoms with van der Waals surface area (Å²) in [6.07, 6.45) is 0. The molecule has 0 bridgehead atoms. The predicted octanol–water partition coefficient (Wildman–Crippen LogP) is 5.38. The largest absolute Gasteiger partial charge is 0.493 e. The number of amides is 1. The molecule has 1 aromatic heterocycles. The van der Waals surface area contributed by atoms with E-state index in [1.165, 1.54) is 18.9 Å². The van der Waals surface area contributed by atoms with Crippen LogP contribution in [-0.2, 0) is 0 Å². The molecule has 7 nitrogen and oxygen atoms in total. The fourth-order valence-electron chi connectivity index (χ4n) is 4.69. The zero-order valence-electron chi connectivity index (χ0n) is 20.7. The Morgan fingerprint density at radius 1 is 0.889 bits per heavy atom. The van der Waals surface area contributed by atoms with Crippen LogP contribution in [0.1, 0.15) is 56.1 Å². The number of benzene rings is 3. The molecule has 5 rings (SSSR count). The monoisotopic (exact) mass is 483 g/mol. The van der Waals surface area contributed by atoms with Gasteiger partial charge in [0.1, 0.15) is 5.58 Å². The Bertz CT molecular complexity index is 1600. The third kappa shape index (κ3) is 3.55. The zero-order valence-corrected chi connectivity index (χ0v) is 20.7. The number of carbonyl (C=O) groups excluding carboxylic acids is 2. The molecule has 1 aliphatic rings. The lowest BCUT2D eigenvalue weighted by Gasteiger charge is -2.26. The van der Waals surface area contributed by atoms with Crippen molar-refractivity contribution in [1.82, 2.24) is 0 Å². The van der Waals surface area contributed by atoms with E-state index in [1.807, 2.05) is 13.8 Å². The second-order valence-corrected chi connectivity index (χ2v) is 8.90. The number of aryl methyl sites for hydroxylation is 2. The van der Waals surface area contributed by atoms with E-state index in [-0.39, 0.29) is 22.5 Å². The summed E-state index contributed by atoms with van der Waals surface area (Å²) in [5, 5.41) is 0.420. The average molecular weight is 484 g/mol. The van der Waals surface area contributed by atoms with Gasteiger partial charge in [-0.15, -0.1) is 0 Å². The van der Waals surface area contributed by atoms with Gasteiger partial charge in [0, 0.05) is 11.3 Å². The lowest BCUT2D eigenvalue weighted by molar-refractivity contribution is 0.0970. The molecule has 0 saturated heterocycles. The predicted molar refractivity (Wildman–Crippen MR) is 137 cm³/mol. The number of anilines is 1. The van der Waals surface area contributed by atoms with Crippen LogP contribution >= 0.6 is 0 Å². The summed E-state index contributed by atoms with van der Waals surface area (Å²) in [5.74, 6) is 0.492. The third-order valence-corrected chi connectivity index (χ3v) is 6.76. The number of nitrogens with zero attached hydrogens (tertiary/aromatic N) is 1. The Hall–Kier alpha value is -4.39. The number of Topliss-reactive ketones (excluding diaryl/α,β-unsaturated/α-hetero) is 1. The second kappa shape index (κ2) is 8.68. The van der Waals surface area contributed by atoms with Crippen molar-refractivity contribution in [3.8, 4) is 11.5 Å². The minimum absolute atomic E-state index is 0.00572. The molecule has 182 valence electrons. The zero-order chi connectivity index (χ0) is 25.7. The Balaban J connectivity index is 1.79. The van der Waals surface area contributed by atoms with Gasteiger partial charge >= 0.3 is 0 Å². The molecule has 2 heterocycles. The SMILES string of the molecule is COc1ccc(C2c3c(oc4cc(C)c(C)cc4c3=O)C(=O)N2c2ccc(C(C)=O)cc2)cc1OC. The van der Waals surface area contributed by atoms with E-state index >= 15 is 0 Å². The van der Waals surface area contributed by atoms with Crippen LogP contribution in [0.15, 0.2) is 63.8 Å². The Morgan fingerprint density at radius 3 is 2.19 bits per heavy atom. The summed E-state index contributed by atoms with van der Waals surface area (Å²) >= 11 is 0. The fraction of sp³-hybridized carbons (Fsp3) is 0.207. The van der Waals surface area contributed by atoms with Gasteiger partial charge in [-0.3, -0.25) is 19.3 Å². The number of rotatable bonds is 5. The van der Waals surface area contributed by atoms with Crippen molar-refractivity contribution in [2.75, 3.05) is 19.1 Å². The first-order valence-electron chi connectivity index (χ1n) is 11.5. The first-order valence-corrected chi connectivity index (χ1v) is 11.5. The third-order valence-electron chi connectivity index (χ3n) is 6.76. The minimum atomic E-state index is -0.766. The number of hydrogen-bond donors (Lipinski definition) is 0. The van der Waals surface area contributed by atoms with Crippen LogP contribution in [0.25, 0.3) is 11.0 Å². The van der Waals surface area contributed by atoms with Gasteiger partial charge in [0.15, 0.2) is 22.7 Å². The van der Waals surface area contributed by atoms with E-state index in [2.05, 4.69) is 0 Å². The Morgan fingerprint density at radius 2 is 1.56 bits per heavy atom. The topological polar surface area (TPSA) is 86.0 Å². The van der Waals surface area contributed by atoms with Crippen molar-refractivity contribution in [3.05, 3.63) is 98.4 Å². The molecule has 7 heteroatoms. The van der Waals surface area contributed by atoms with E-state index in [0.29, 0.717) is 39.3 Å². The number of hydrogen-bond acceptors (Lipinski definition) is 6. The van der Waals surface area contributed by atoms with Gasteiger partial charge in [-0.2, -0.15) is 0 Å². The molecule has 0 fully saturated rings. The smallest absolute Gasteiger partial charge is 0.295 e. The maximum atomic E-state index is 13.9. The van der Waals surface area contributed by atoms with E-state index < -0.39 is 11.9 Å². The molecular weight excluding hydrogens is 458 g/mol. The molecule has 0 saturated carbocycles. The van der Waals surface area contributed by atoms with Gasteiger partial charge < -0.3 is 13.9 Å². The van der Waals surface area contributed by atoms with Crippen LogP contribution < -0.4 is 19.8 Å². The molecule has 0 aliphatic carbocycles. The summed E-state index contributed by atoms with van der Waals surface area (Å²) < 4.78 is 17.0. The lowest BCUT2D eigenvalue weighted by atomic mass is 9.96. The van der Waals surface area contributed by atoms with Crippen molar-refractivity contribution in [2.24, 2.45) is 0 Å². The molecular formula is C29H25NO6. The number of methoxy groups -OCH3 is 2. The maximum Gasteiger partial charge on any atom is 0.295 e. The molecule has 3 aromatic carbocycles. The van der Waals surface area contributed by atoms with Gasteiger partial charge in [-0.05, 0) is 86.0 Å². The Labute approximate surface area is 207 Å². The molecule has 1 aliphatic heterocycles. The summed E-state index contributed by atoms with van der Waals surface area (Å²) in [5.41, 5.74) is 4.01. The molecule has 0 spiro atoms. The van der Waals surface area contributed by atoms with Crippen LogP contribution in [0.3, 0.4) is 0 Å². The van der Waals surface area contributed by atoms with Crippen LogP contribution in [0, 0.1) is 13.8 Å². The quantitative estimate of drug-likeness (QED) is 0.354. The van der Waals surface area contributed by atoms with Crippen molar-refractivity contribution in [3.63, 3.8) is 0 Å².